The summed E-state index contributed by atoms with van der Waals surface area (Å²) in [7, 11) is -3.63. The number of pyridine rings is 1. The molecular weight excluding hydrogens is 1070 g/mol. The van der Waals surface area contributed by atoms with Crippen molar-refractivity contribution < 1.29 is 36.9 Å². The zero-order chi connectivity index (χ0) is 58.5. The molecule has 0 N–H and O–H groups in total. The number of carbonyl (C=O) groups is 1. The number of nitrogens with zero attached hydrogens (tertiary/aromatic N) is 6. The van der Waals surface area contributed by atoms with E-state index in [4.69, 9.17) is 38.3 Å². The van der Waals surface area contributed by atoms with E-state index in [2.05, 4.69) is 144 Å². The fourth-order valence-corrected chi connectivity index (χ4v) is 24.5. The highest BCUT2D eigenvalue weighted by Gasteiger charge is 2.54. The first kappa shape index (κ1) is 59.2. The third-order valence-corrected chi connectivity index (χ3v) is 29.6. The van der Waals surface area contributed by atoms with E-state index in [-0.39, 0.29) is 64.4 Å². The van der Waals surface area contributed by atoms with Crippen LogP contribution in [0.1, 0.15) is 127 Å². The second-order valence-electron chi connectivity index (χ2n) is 26.4. The Morgan fingerprint density at radius 3 is 2.06 bits per heavy atom. The lowest BCUT2D eigenvalue weighted by atomic mass is 9.95. The molecule has 2 unspecified atom stereocenters. The van der Waals surface area contributed by atoms with E-state index in [1.54, 1.807) is 24.4 Å². The molecule has 6 aromatic rings. The molecule has 16 heteroatoms. The summed E-state index contributed by atoms with van der Waals surface area (Å²) in [6, 6.07) is 28.0. The first-order chi connectivity index (χ1) is 39.0. The minimum absolute atomic E-state index is 0.0157. The molecule has 4 aromatic carbocycles. The molecule has 1 amide bonds. The highest BCUT2D eigenvalue weighted by molar-refractivity contribution is 6.99. The van der Waals surface area contributed by atoms with Gasteiger partial charge in [-0.05, 0) is 121 Å². The van der Waals surface area contributed by atoms with Crippen molar-refractivity contribution in [1.29, 1.82) is 0 Å². The van der Waals surface area contributed by atoms with Crippen molar-refractivity contribution in [2.45, 2.75) is 173 Å². The Labute approximate surface area is 486 Å². The summed E-state index contributed by atoms with van der Waals surface area (Å²) in [5, 5.41) is 3.77. The van der Waals surface area contributed by atoms with Crippen LogP contribution in [0.3, 0.4) is 0 Å². The topological polar surface area (TPSA) is 112 Å². The van der Waals surface area contributed by atoms with Gasteiger partial charge in [0.05, 0.1) is 35.2 Å². The van der Waals surface area contributed by atoms with Gasteiger partial charge >= 0.3 is 12.1 Å². The zero-order valence-corrected chi connectivity index (χ0v) is 52.5. The van der Waals surface area contributed by atoms with Gasteiger partial charge in [-0.25, -0.2) is 13.6 Å². The summed E-state index contributed by atoms with van der Waals surface area (Å²) >= 11 is 0. The monoisotopic (exact) mass is 1150 g/mol. The Morgan fingerprint density at radius 1 is 0.817 bits per heavy atom. The van der Waals surface area contributed by atoms with E-state index < -0.39 is 33.6 Å². The van der Waals surface area contributed by atoms with Crippen LogP contribution in [0.2, 0.25) is 21.7 Å². The molecule has 2 bridgehead atoms. The van der Waals surface area contributed by atoms with Crippen molar-refractivity contribution in [1.82, 2.24) is 24.8 Å². The van der Waals surface area contributed by atoms with E-state index in [0.29, 0.717) is 76.2 Å². The van der Waals surface area contributed by atoms with Gasteiger partial charge in [-0.3, -0.25) is 14.8 Å². The van der Waals surface area contributed by atoms with E-state index in [1.165, 1.54) is 23.5 Å². The third kappa shape index (κ3) is 10.9. The van der Waals surface area contributed by atoms with Crippen LogP contribution in [-0.4, -0.2) is 123 Å². The maximum Gasteiger partial charge on any atom is 0.410 e. The van der Waals surface area contributed by atoms with E-state index in [1.807, 2.05) is 25.7 Å². The lowest BCUT2D eigenvalue weighted by Gasteiger charge is -2.44. The van der Waals surface area contributed by atoms with Crippen LogP contribution >= 0.6 is 0 Å². The number of rotatable bonds is 16. The molecule has 0 radical (unpaired) electrons. The molecule has 4 atom stereocenters. The molecule has 4 fully saturated rings. The van der Waals surface area contributed by atoms with Crippen molar-refractivity contribution >= 4 is 60.4 Å². The lowest BCUT2D eigenvalue weighted by Crippen LogP contribution is -2.67. The number of hydrogen-bond donors (Lipinski definition) is 0. The highest BCUT2D eigenvalue weighted by Crippen LogP contribution is 2.47. The van der Waals surface area contributed by atoms with Crippen molar-refractivity contribution in [2.75, 3.05) is 51.7 Å². The molecular formula is C66H84F2N6O6Si2. The van der Waals surface area contributed by atoms with Gasteiger partial charge in [-0.1, -0.05) is 135 Å². The fourth-order valence-electron chi connectivity index (χ4n) is 14.7. The molecule has 0 saturated carbocycles. The molecule has 12 nitrogen and oxygen atoms in total. The van der Waals surface area contributed by atoms with Gasteiger partial charge in [0.1, 0.15) is 48.9 Å². The summed E-state index contributed by atoms with van der Waals surface area (Å²) in [5.41, 5.74) is 4.11. The Kier molecular flexibility index (Phi) is 16.8. The largest absolute Gasteiger partial charge is 0.468 e. The molecule has 4 aliphatic heterocycles. The smallest absolute Gasteiger partial charge is 0.410 e. The Bertz CT molecular complexity index is 3290. The van der Waals surface area contributed by atoms with Crippen LogP contribution in [0.5, 0.6) is 11.8 Å². The van der Waals surface area contributed by atoms with Gasteiger partial charge in [0.15, 0.2) is 12.6 Å². The number of methoxy groups -OCH3 is 1. The number of fused-ring (bicyclic) bond motifs is 5. The van der Waals surface area contributed by atoms with Crippen molar-refractivity contribution in [2.24, 2.45) is 0 Å². The van der Waals surface area contributed by atoms with Gasteiger partial charge in [-0.2, -0.15) is 9.97 Å². The third-order valence-electron chi connectivity index (χ3n) is 18.4. The number of benzene rings is 4. The van der Waals surface area contributed by atoms with Crippen LogP contribution in [0.25, 0.3) is 32.9 Å². The fraction of sp³-hybridized carbons (Fsp3) is 0.515. The maximum absolute atomic E-state index is 18.4. The molecule has 4 aliphatic rings. The first-order valence-corrected chi connectivity index (χ1v) is 33.8. The van der Waals surface area contributed by atoms with Gasteiger partial charge in [0.2, 0.25) is 0 Å². The van der Waals surface area contributed by atoms with E-state index in [0.717, 1.165) is 45.1 Å². The Morgan fingerprint density at radius 2 is 1.46 bits per heavy atom. The quantitative estimate of drug-likeness (QED) is 0.0525. The number of anilines is 1. The number of hydrogen-bond acceptors (Lipinski definition) is 11. The summed E-state index contributed by atoms with van der Waals surface area (Å²) in [5.74, 6) is 3.04. The second kappa shape index (κ2) is 23.2. The van der Waals surface area contributed by atoms with Crippen LogP contribution in [0.15, 0.2) is 91.1 Å². The molecule has 6 heterocycles. The minimum Gasteiger partial charge on any atom is -0.468 e. The SMILES string of the molecule is COCOc1cc(-c2ncc3c(N4CC5CCC(C4)N5C(=O)OC(C)(C)C)nc(OC[C@]45CCCN4[C@@H](CO[Si](c4ccccc4)(c4ccccc4)C(C)(C)C)CC5)nc3c2F)c2c(C#C[Si](C(C)C)(C(C)C)C(C)C)c(F)ccc2c1. The van der Waals surface area contributed by atoms with Crippen LogP contribution in [-0.2, 0) is 13.9 Å². The van der Waals surface area contributed by atoms with E-state index in [9.17, 15) is 4.79 Å². The number of amides is 1. The maximum atomic E-state index is 18.4. The predicted octanol–water partition coefficient (Wildman–Crippen LogP) is 13.2. The lowest BCUT2D eigenvalue weighted by molar-refractivity contribution is 0.0122. The highest BCUT2D eigenvalue weighted by atomic mass is 28.4. The van der Waals surface area contributed by atoms with Crippen molar-refractivity contribution in [3.8, 4) is 34.5 Å². The second-order valence-corrected chi connectivity index (χ2v) is 36.2. The predicted molar refractivity (Wildman–Crippen MR) is 328 cm³/mol. The zero-order valence-electron chi connectivity index (χ0n) is 50.5. The van der Waals surface area contributed by atoms with Crippen molar-refractivity contribution in [3.63, 3.8) is 0 Å². The molecule has 10 rings (SSSR count). The summed E-state index contributed by atoms with van der Waals surface area (Å²) in [6.07, 6.45) is 6.61. The van der Waals surface area contributed by atoms with E-state index >= 15 is 8.78 Å². The van der Waals surface area contributed by atoms with Gasteiger partial charge in [0.25, 0.3) is 8.32 Å². The normalized spacial score (nSPS) is 20.5. The first-order valence-electron chi connectivity index (χ1n) is 29.7. The Balaban J connectivity index is 1.05. The molecule has 2 aromatic heterocycles. The summed E-state index contributed by atoms with van der Waals surface area (Å²) < 4.78 is 66.8. The number of aromatic nitrogens is 3. The minimum atomic E-state index is -2.81. The van der Waals surface area contributed by atoms with Crippen molar-refractivity contribution in [3.05, 3.63) is 108 Å². The van der Waals surface area contributed by atoms with Gasteiger partial charge in [0, 0.05) is 43.4 Å². The van der Waals surface area contributed by atoms with Crippen LogP contribution in [0.4, 0.5) is 19.4 Å². The summed E-state index contributed by atoms with van der Waals surface area (Å²) in [4.78, 5) is 35.4. The number of halogens is 2. The standard InChI is InChI=1S/C66H84F2N6O6Si2/c1-43(2)81(44(3)4,45(5)6)34-30-53-56(67)28-25-46-35-50(78-42-76-13)36-54(57(46)53)59-58(68)60-55(37-69-59)61(72-38-47-26-27-48(39-72)74(47)63(75)80-64(7,8)9)71-62(70-60)77-41-66-31-20-33-73(66)49(29-32-66)40-79-82(65(10,11)12,51-21-16-14-17-22-51)52-23-18-15-19-24-52/h14-19,21-25,28,35-37,43-45,47-49H,20,26-27,29,31-33,38-42H2,1-13H3/t47?,48?,49-,66-/m1/s1. The molecule has 82 heavy (non-hydrogen) atoms. The molecule has 0 spiro atoms. The van der Waals surface area contributed by atoms with Gasteiger partial charge in [-0.15, -0.1) is 5.54 Å². The molecule has 436 valence electrons. The number of piperazine rings is 1. The molecule has 0 aliphatic carbocycles. The number of ether oxygens (including phenoxy) is 4. The number of carbonyl (C=O) groups excluding carboxylic acids is 1. The van der Waals surface area contributed by atoms with Gasteiger partial charge < -0.3 is 28.3 Å². The Hall–Kier alpha value is -5.97. The average molecular weight is 1150 g/mol. The van der Waals surface area contributed by atoms with Crippen LogP contribution in [0, 0.1) is 23.1 Å². The van der Waals surface area contributed by atoms with Crippen LogP contribution < -0.4 is 24.7 Å². The average Bonchev–Trinajstić information content (AvgIpc) is 4.20. The molecule has 4 saturated heterocycles. The summed E-state index contributed by atoms with van der Waals surface area (Å²) in [6.45, 7) is 28.5.